The summed E-state index contributed by atoms with van der Waals surface area (Å²) in [4.78, 5) is 12.2. The number of thiophene rings is 1. The van der Waals surface area contributed by atoms with Crippen LogP contribution in [0.4, 0.5) is 0 Å². The Bertz CT molecular complexity index is 639. The number of amides is 1. The van der Waals surface area contributed by atoms with Crippen LogP contribution < -0.4 is 5.32 Å². The van der Waals surface area contributed by atoms with Gasteiger partial charge in [-0.1, -0.05) is 0 Å². The van der Waals surface area contributed by atoms with Crippen molar-refractivity contribution in [3.63, 3.8) is 0 Å². The van der Waals surface area contributed by atoms with Gasteiger partial charge in [0.25, 0.3) is 0 Å². The minimum absolute atomic E-state index is 0.214. The molecule has 104 valence electrons. The van der Waals surface area contributed by atoms with Crippen LogP contribution in [0.25, 0.3) is 0 Å². The molecule has 1 N–H and O–H groups in total. The third-order valence-corrected chi connectivity index (χ3v) is 3.78. The van der Waals surface area contributed by atoms with Crippen molar-refractivity contribution in [1.82, 2.24) is 15.1 Å². The van der Waals surface area contributed by atoms with E-state index in [0.717, 1.165) is 17.0 Å². The SMILES string of the molecule is Cc1cc(C)n(C(C)C(=O)NC(C#N)c2ccsc2)n1. The Balaban J connectivity index is 2.12. The van der Waals surface area contributed by atoms with Crippen LogP contribution in [0.1, 0.15) is 36.0 Å². The van der Waals surface area contributed by atoms with Crippen LogP contribution in [0.5, 0.6) is 0 Å². The molecular formula is C14H16N4OS. The van der Waals surface area contributed by atoms with Crippen LogP contribution in [0.2, 0.25) is 0 Å². The Labute approximate surface area is 121 Å². The maximum atomic E-state index is 12.2. The topological polar surface area (TPSA) is 70.7 Å². The molecule has 2 atom stereocenters. The minimum Gasteiger partial charge on any atom is -0.335 e. The Morgan fingerprint density at radius 1 is 1.55 bits per heavy atom. The van der Waals surface area contributed by atoms with E-state index < -0.39 is 12.1 Å². The first-order valence-corrected chi connectivity index (χ1v) is 7.22. The second-order valence-corrected chi connectivity index (χ2v) is 5.46. The number of nitrogens with zero attached hydrogens (tertiary/aromatic N) is 3. The van der Waals surface area contributed by atoms with Crippen molar-refractivity contribution >= 4 is 17.2 Å². The molecule has 2 unspecified atom stereocenters. The maximum Gasteiger partial charge on any atom is 0.245 e. The summed E-state index contributed by atoms with van der Waals surface area (Å²) >= 11 is 1.50. The average Bonchev–Trinajstić information content (AvgIpc) is 3.04. The predicted molar refractivity (Wildman–Crippen MR) is 77.2 cm³/mol. The molecule has 2 heterocycles. The molecule has 20 heavy (non-hydrogen) atoms. The van der Waals surface area contributed by atoms with Crippen molar-refractivity contribution in [2.45, 2.75) is 32.9 Å². The van der Waals surface area contributed by atoms with Crippen molar-refractivity contribution in [2.24, 2.45) is 0 Å². The summed E-state index contributed by atoms with van der Waals surface area (Å²) in [6, 6.07) is 4.80. The van der Waals surface area contributed by atoms with Crippen LogP contribution >= 0.6 is 11.3 Å². The van der Waals surface area contributed by atoms with E-state index >= 15 is 0 Å². The number of hydrogen-bond donors (Lipinski definition) is 1. The lowest BCUT2D eigenvalue weighted by Gasteiger charge is -2.17. The van der Waals surface area contributed by atoms with E-state index in [1.165, 1.54) is 11.3 Å². The van der Waals surface area contributed by atoms with Gasteiger partial charge in [0.15, 0.2) is 0 Å². The predicted octanol–water partition coefficient (Wildman–Crippen LogP) is 2.50. The molecule has 0 spiro atoms. The van der Waals surface area contributed by atoms with Gasteiger partial charge in [-0.3, -0.25) is 9.48 Å². The number of nitriles is 1. The highest BCUT2D eigenvalue weighted by molar-refractivity contribution is 7.08. The van der Waals surface area contributed by atoms with Crippen molar-refractivity contribution in [1.29, 1.82) is 5.26 Å². The highest BCUT2D eigenvalue weighted by Gasteiger charge is 2.21. The third kappa shape index (κ3) is 2.89. The molecule has 0 aliphatic rings. The largest absolute Gasteiger partial charge is 0.335 e. The number of nitrogens with one attached hydrogen (secondary N) is 1. The Hall–Kier alpha value is -2.13. The van der Waals surface area contributed by atoms with Gasteiger partial charge < -0.3 is 5.32 Å². The summed E-state index contributed by atoms with van der Waals surface area (Å²) in [7, 11) is 0. The first-order chi connectivity index (χ1) is 9.52. The van der Waals surface area contributed by atoms with Crippen molar-refractivity contribution in [3.05, 3.63) is 39.8 Å². The summed E-state index contributed by atoms with van der Waals surface area (Å²) in [5.41, 5.74) is 2.61. The average molecular weight is 288 g/mol. The van der Waals surface area contributed by atoms with Crippen molar-refractivity contribution in [3.8, 4) is 6.07 Å². The molecule has 0 aromatic carbocycles. The molecule has 1 amide bonds. The van der Waals surface area contributed by atoms with Crippen LogP contribution in [0, 0.1) is 25.2 Å². The smallest absolute Gasteiger partial charge is 0.245 e. The first-order valence-electron chi connectivity index (χ1n) is 6.27. The van der Waals surface area contributed by atoms with Gasteiger partial charge in [-0.25, -0.2) is 0 Å². The lowest BCUT2D eigenvalue weighted by Crippen LogP contribution is -2.34. The fourth-order valence-electron chi connectivity index (χ4n) is 2.04. The molecule has 0 radical (unpaired) electrons. The van der Waals surface area contributed by atoms with E-state index in [-0.39, 0.29) is 5.91 Å². The molecule has 0 saturated carbocycles. The zero-order valence-corrected chi connectivity index (χ0v) is 12.4. The van der Waals surface area contributed by atoms with Gasteiger partial charge in [0.1, 0.15) is 12.1 Å². The lowest BCUT2D eigenvalue weighted by atomic mass is 10.1. The summed E-state index contributed by atoms with van der Waals surface area (Å²) in [6.07, 6.45) is 0. The zero-order valence-electron chi connectivity index (χ0n) is 11.6. The third-order valence-electron chi connectivity index (χ3n) is 3.08. The van der Waals surface area contributed by atoms with Gasteiger partial charge in [0.05, 0.1) is 11.8 Å². The number of aryl methyl sites for hydroxylation is 2. The number of carbonyl (C=O) groups is 1. The monoisotopic (exact) mass is 288 g/mol. The van der Waals surface area contributed by atoms with Crippen LogP contribution in [-0.4, -0.2) is 15.7 Å². The van der Waals surface area contributed by atoms with Gasteiger partial charge in [0.2, 0.25) is 5.91 Å². The minimum atomic E-state index is -0.617. The molecule has 6 heteroatoms. The van der Waals surface area contributed by atoms with Gasteiger partial charge in [-0.15, -0.1) is 0 Å². The van der Waals surface area contributed by atoms with Crippen molar-refractivity contribution in [2.75, 3.05) is 0 Å². The quantitative estimate of drug-likeness (QED) is 0.939. The highest BCUT2D eigenvalue weighted by atomic mass is 32.1. The first kappa shape index (κ1) is 14.3. The molecule has 0 saturated heterocycles. The Morgan fingerprint density at radius 3 is 2.80 bits per heavy atom. The molecule has 0 aliphatic heterocycles. The maximum absolute atomic E-state index is 12.2. The summed E-state index contributed by atoms with van der Waals surface area (Å²) in [6.45, 7) is 5.57. The fourth-order valence-corrected chi connectivity index (χ4v) is 2.73. The van der Waals surface area contributed by atoms with Crippen LogP contribution in [0.15, 0.2) is 22.9 Å². The van der Waals surface area contributed by atoms with Crippen LogP contribution in [-0.2, 0) is 4.79 Å². The molecule has 2 aromatic heterocycles. The summed E-state index contributed by atoms with van der Waals surface area (Å²) in [5, 5.41) is 20.0. The summed E-state index contributed by atoms with van der Waals surface area (Å²) < 4.78 is 1.67. The fraction of sp³-hybridized carbons (Fsp3) is 0.357. The molecule has 0 aliphatic carbocycles. The Morgan fingerprint density at radius 2 is 2.30 bits per heavy atom. The molecule has 2 aromatic rings. The van der Waals surface area contributed by atoms with E-state index in [0.29, 0.717) is 0 Å². The van der Waals surface area contributed by atoms with Gasteiger partial charge in [-0.2, -0.15) is 21.7 Å². The van der Waals surface area contributed by atoms with E-state index in [9.17, 15) is 10.1 Å². The number of hydrogen-bond acceptors (Lipinski definition) is 4. The lowest BCUT2D eigenvalue weighted by molar-refractivity contribution is -0.124. The molecule has 2 rings (SSSR count). The zero-order chi connectivity index (χ0) is 14.7. The van der Waals surface area contributed by atoms with E-state index in [1.54, 1.807) is 11.6 Å². The van der Waals surface area contributed by atoms with Gasteiger partial charge in [0, 0.05) is 5.69 Å². The number of carbonyl (C=O) groups excluding carboxylic acids is 1. The summed E-state index contributed by atoms with van der Waals surface area (Å²) in [5.74, 6) is -0.214. The highest BCUT2D eigenvalue weighted by Crippen LogP contribution is 2.17. The van der Waals surface area contributed by atoms with Crippen molar-refractivity contribution < 1.29 is 4.79 Å². The van der Waals surface area contributed by atoms with Gasteiger partial charge in [-0.05, 0) is 49.2 Å². The molecule has 5 nitrogen and oxygen atoms in total. The number of rotatable bonds is 4. The molecular weight excluding hydrogens is 272 g/mol. The standard InChI is InChI=1S/C14H16N4OS/c1-9-6-10(2)18(17-9)11(3)14(19)16-13(7-15)12-4-5-20-8-12/h4-6,8,11,13H,1-3H3,(H,16,19). The molecule has 0 fully saturated rings. The van der Waals surface area contributed by atoms with E-state index in [1.807, 2.05) is 36.7 Å². The van der Waals surface area contributed by atoms with E-state index in [2.05, 4.69) is 16.5 Å². The Kier molecular flexibility index (Phi) is 4.20. The second-order valence-electron chi connectivity index (χ2n) is 4.68. The van der Waals surface area contributed by atoms with Gasteiger partial charge >= 0.3 is 0 Å². The van der Waals surface area contributed by atoms with E-state index in [4.69, 9.17) is 0 Å². The molecule has 0 bridgehead atoms. The second kappa shape index (κ2) is 5.88. The van der Waals surface area contributed by atoms with Crippen LogP contribution in [0.3, 0.4) is 0 Å². The number of aromatic nitrogens is 2. The normalized spacial score (nSPS) is 13.5.